The first kappa shape index (κ1) is 16.0. The van der Waals surface area contributed by atoms with E-state index in [-0.39, 0.29) is 11.9 Å². The van der Waals surface area contributed by atoms with Crippen LogP contribution < -0.4 is 0 Å². The van der Waals surface area contributed by atoms with E-state index in [1.54, 1.807) is 0 Å². The Morgan fingerprint density at radius 3 is 2.43 bits per heavy atom. The van der Waals surface area contributed by atoms with E-state index in [0.717, 1.165) is 31.5 Å². The van der Waals surface area contributed by atoms with Gasteiger partial charge in [-0.15, -0.1) is 0 Å². The predicted molar refractivity (Wildman–Crippen MR) is 87.1 cm³/mol. The van der Waals surface area contributed by atoms with Gasteiger partial charge in [0.05, 0.1) is 0 Å². The van der Waals surface area contributed by atoms with Gasteiger partial charge in [-0.05, 0) is 44.8 Å². The molecule has 2 unspecified atom stereocenters. The van der Waals surface area contributed by atoms with Gasteiger partial charge in [0.2, 0.25) is 5.91 Å². The molecule has 0 radical (unpaired) electrons. The first-order valence-electron chi connectivity index (χ1n) is 8.20. The topological polar surface area (TPSA) is 23.6 Å². The molecule has 1 saturated heterocycles. The Balaban J connectivity index is 2.20. The van der Waals surface area contributed by atoms with Gasteiger partial charge in [-0.2, -0.15) is 0 Å². The highest BCUT2D eigenvalue weighted by atomic mass is 16.2. The third-order valence-electron chi connectivity index (χ3n) is 4.57. The summed E-state index contributed by atoms with van der Waals surface area (Å²) in [6.07, 6.45) is 4.57. The standard InChI is InChI=1S/C18H28N2O/c1-4-10-15(2)19(3)18(21)17(20-13-8-9-14-20)16-11-6-5-7-12-16/h5-7,11-12,15,17H,4,8-10,13-14H2,1-3H3. The van der Waals surface area contributed by atoms with Crippen molar-refractivity contribution in [1.29, 1.82) is 0 Å². The lowest BCUT2D eigenvalue weighted by Crippen LogP contribution is -2.44. The van der Waals surface area contributed by atoms with Crippen molar-refractivity contribution in [2.24, 2.45) is 0 Å². The number of nitrogens with zero attached hydrogens (tertiary/aromatic N) is 2. The molecule has 0 N–H and O–H groups in total. The molecule has 2 atom stereocenters. The highest BCUT2D eigenvalue weighted by Crippen LogP contribution is 2.27. The van der Waals surface area contributed by atoms with E-state index >= 15 is 0 Å². The van der Waals surface area contributed by atoms with Gasteiger partial charge < -0.3 is 4.90 Å². The Hall–Kier alpha value is -1.35. The number of likely N-dealkylation sites (tertiary alicyclic amines) is 1. The zero-order valence-electron chi connectivity index (χ0n) is 13.6. The number of rotatable bonds is 6. The summed E-state index contributed by atoms with van der Waals surface area (Å²) < 4.78 is 0. The number of benzene rings is 1. The van der Waals surface area contributed by atoms with Crippen LogP contribution in [0, 0.1) is 0 Å². The number of hydrogen-bond acceptors (Lipinski definition) is 2. The zero-order chi connectivity index (χ0) is 15.2. The van der Waals surface area contributed by atoms with Gasteiger partial charge in [0.15, 0.2) is 0 Å². The minimum Gasteiger partial charge on any atom is -0.341 e. The van der Waals surface area contributed by atoms with E-state index in [4.69, 9.17) is 0 Å². The van der Waals surface area contributed by atoms with Gasteiger partial charge in [-0.25, -0.2) is 0 Å². The molecule has 0 spiro atoms. The van der Waals surface area contributed by atoms with Crippen molar-refractivity contribution in [3.05, 3.63) is 35.9 Å². The molecule has 3 nitrogen and oxygen atoms in total. The van der Waals surface area contributed by atoms with Crippen molar-refractivity contribution in [3.8, 4) is 0 Å². The molecular formula is C18H28N2O. The van der Waals surface area contributed by atoms with Crippen LogP contribution in [0.15, 0.2) is 30.3 Å². The Bertz CT molecular complexity index is 440. The van der Waals surface area contributed by atoms with Crippen molar-refractivity contribution >= 4 is 5.91 Å². The lowest BCUT2D eigenvalue weighted by Gasteiger charge is -2.33. The average molecular weight is 288 g/mol. The second-order valence-corrected chi connectivity index (χ2v) is 6.14. The van der Waals surface area contributed by atoms with E-state index < -0.39 is 0 Å². The second kappa shape index (κ2) is 7.60. The summed E-state index contributed by atoms with van der Waals surface area (Å²) in [5.74, 6) is 0.240. The molecular weight excluding hydrogens is 260 g/mol. The Morgan fingerprint density at radius 2 is 1.86 bits per heavy atom. The highest BCUT2D eigenvalue weighted by molar-refractivity contribution is 5.83. The van der Waals surface area contributed by atoms with Crippen LogP contribution >= 0.6 is 0 Å². The van der Waals surface area contributed by atoms with Crippen LogP contribution in [0.3, 0.4) is 0 Å². The molecule has 1 aromatic rings. The number of likely N-dealkylation sites (N-methyl/N-ethyl adjacent to an activating group) is 1. The molecule has 0 bridgehead atoms. The van der Waals surface area contributed by atoms with Crippen LogP contribution in [0.4, 0.5) is 0 Å². The van der Waals surface area contributed by atoms with E-state index in [2.05, 4.69) is 30.9 Å². The fraction of sp³-hybridized carbons (Fsp3) is 0.611. The molecule has 1 aliphatic rings. The molecule has 1 aromatic carbocycles. The first-order chi connectivity index (χ1) is 10.1. The zero-order valence-corrected chi connectivity index (χ0v) is 13.6. The van der Waals surface area contributed by atoms with Crippen molar-refractivity contribution in [3.63, 3.8) is 0 Å². The Morgan fingerprint density at radius 1 is 1.24 bits per heavy atom. The number of amides is 1. The molecule has 0 saturated carbocycles. The van der Waals surface area contributed by atoms with Crippen LogP contribution in [0.5, 0.6) is 0 Å². The maximum atomic E-state index is 13.0. The number of hydrogen-bond donors (Lipinski definition) is 0. The summed E-state index contributed by atoms with van der Waals surface area (Å²) in [5.41, 5.74) is 1.12. The first-order valence-corrected chi connectivity index (χ1v) is 8.20. The molecule has 1 aliphatic heterocycles. The van der Waals surface area contributed by atoms with Gasteiger partial charge in [-0.1, -0.05) is 43.7 Å². The summed E-state index contributed by atoms with van der Waals surface area (Å²) in [6.45, 7) is 6.37. The van der Waals surface area contributed by atoms with E-state index in [9.17, 15) is 4.79 Å². The quantitative estimate of drug-likeness (QED) is 0.800. The molecule has 2 rings (SSSR count). The smallest absolute Gasteiger partial charge is 0.244 e. The van der Waals surface area contributed by atoms with E-state index in [1.807, 2.05) is 30.1 Å². The van der Waals surface area contributed by atoms with Crippen LogP contribution in [0.25, 0.3) is 0 Å². The molecule has 116 valence electrons. The number of carbonyl (C=O) groups is 1. The van der Waals surface area contributed by atoms with Gasteiger partial charge >= 0.3 is 0 Å². The van der Waals surface area contributed by atoms with Crippen LogP contribution in [-0.2, 0) is 4.79 Å². The molecule has 21 heavy (non-hydrogen) atoms. The maximum Gasteiger partial charge on any atom is 0.244 e. The lowest BCUT2D eigenvalue weighted by atomic mass is 10.0. The highest BCUT2D eigenvalue weighted by Gasteiger charge is 2.32. The summed E-state index contributed by atoms with van der Waals surface area (Å²) in [5, 5.41) is 0. The Labute approximate surface area is 128 Å². The van der Waals surface area contributed by atoms with Gasteiger partial charge in [0, 0.05) is 13.1 Å². The third kappa shape index (κ3) is 3.85. The molecule has 1 amide bonds. The summed E-state index contributed by atoms with van der Waals surface area (Å²) in [4.78, 5) is 17.3. The Kier molecular flexibility index (Phi) is 5.80. The predicted octanol–water partition coefficient (Wildman–Crippen LogP) is 3.47. The normalized spacial score (nSPS) is 18.4. The summed E-state index contributed by atoms with van der Waals surface area (Å²) in [6, 6.07) is 10.4. The fourth-order valence-corrected chi connectivity index (χ4v) is 3.17. The van der Waals surface area contributed by atoms with E-state index in [1.165, 1.54) is 12.8 Å². The van der Waals surface area contributed by atoms with Crippen molar-refractivity contribution in [2.45, 2.75) is 51.6 Å². The van der Waals surface area contributed by atoms with Gasteiger partial charge in [0.25, 0.3) is 0 Å². The minimum absolute atomic E-state index is 0.113. The van der Waals surface area contributed by atoms with Crippen LogP contribution in [0.1, 0.15) is 51.1 Å². The molecule has 3 heteroatoms. The summed E-state index contributed by atoms with van der Waals surface area (Å²) >= 11 is 0. The van der Waals surface area contributed by atoms with Gasteiger partial charge in [-0.3, -0.25) is 9.69 Å². The second-order valence-electron chi connectivity index (χ2n) is 6.14. The maximum absolute atomic E-state index is 13.0. The molecule has 1 fully saturated rings. The summed E-state index contributed by atoms with van der Waals surface area (Å²) in [7, 11) is 1.95. The largest absolute Gasteiger partial charge is 0.341 e. The monoisotopic (exact) mass is 288 g/mol. The lowest BCUT2D eigenvalue weighted by molar-refractivity contribution is -0.137. The fourth-order valence-electron chi connectivity index (χ4n) is 3.17. The van der Waals surface area contributed by atoms with Crippen LogP contribution in [-0.4, -0.2) is 41.9 Å². The van der Waals surface area contributed by atoms with Gasteiger partial charge in [0.1, 0.15) is 6.04 Å². The minimum atomic E-state index is -0.113. The molecule has 0 aliphatic carbocycles. The van der Waals surface area contributed by atoms with Crippen molar-refractivity contribution in [2.75, 3.05) is 20.1 Å². The van der Waals surface area contributed by atoms with E-state index in [0.29, 0.717) is 6.04 Å². The van der Waals surface area contributed by atoms with Crippen LogP contribution in [0.2, 0.25) is 0 Å². The molecule has 1 heterocycles. The molecule has 0 aromatic heterocycles. The van der Waals surface area contributed by atoms with Crippen molar-refractivity contribution < 1.29 is 4.79 Å². The third-order valence-corrected chi connectivity index (χ3v) is 4.57. The average Bonchev–Trinajstić information content (AvgIpc) is 3.02. The van der Waals surface area contributed by atoms with Crippen molar-refractivity contribution in [1.82, 2.24) is 9.80 Å². The SMILES string of the molecule is CCCC(C)N(C)C(=O)C(c1ccccc1)N1CCCC1. The number of carbonyl (C=O) groups excluding carboxylic acids is 1.